The average molecular weight is 514 g/mol. The maximum atomic E-state index is 13.8. The number of nitrogens with one attached hydrogen (secondary N) is 1. The van der Waals surface area contributed by atoms with Crippen LogP contribution in [0.5, 0.6) is 5.75 Å². The summed E-state index contributed by atoms with van der Waals surface area (Å²) in [5.74, 6) is 0.867. The van der Waals surface area contributed by atoms with Crippen LogP contribution in [0.2, 0.25) is 0 Å². The number of halogens is 2. The highest BCUT2D eigenvalue weighted by atomic mass is 127. The molecule has 1 saturated heterocycles. The lowest BCUT2D eigenvalue weighted by atomic mass is 10.1. The predicted octanol–water partition coefficient (Wildman–Crippen LogP) is 3.19. The zero-order valence-corrected chi connectivity index (χ0v) is 19.1. The first-order valence-corrected chi connectivity index (χ1v) is 9.37. The number of phenols is 1. The van der Waals surface area contributed by atoms with Crippen LogP contribution < -0.4 is 10.2 Å². The number of hydrogen-bond donors (Lipinski definition) is 2. The molecule has 0 aliphatic carbocycles. The highest BCUT2D eigenvalue weighted by Crippen LogP contribution is 2.27. The highest BCUT2D eigenvalue weighted by molar-refractivity contribution is 14.0. The van der Waals surface area contributed by atoms with E-state index in [0.717, 1.165) is 43.4 Å². The van der Waals surface area contributed by atoms with Gasteiger partial charge in [0, 0.05) is 52.4 Å². The van der Waals surface area contributed by atoms with Gasteiger partial charge in [-0.2, -0.15) is 0 Å². The van der Waals surface area contributed by atoms with Crippen LogP contribution in [0.4, 0.5) is 10.1 Å². The van der Waals surface area contributed by atoms with Crippen LogP contribution in [0.3, 0.4) is 0 Å². The van der Waals surface area contributed by atoms with Gasteiger partial charge < -0.3 is 25.0 Å². The molecular weight excluding hydrogens is 486 g/mol. The van der Waals surface area contributed by atoms with Crippen molar-refractivity contribution in [2.24, 2.45) is 4.99 Å². The summed E-state index contributed by atoms with van der Waals surface area (Å²) in [6.45, 7) is 4.00. The number of piperazine rings is 1. The quantitative estimate of drug-likeness (QED) is 0.365. The number of para-hydroxylation sites is 2. The normalized spacial score (nSPS) is 14.5. The monoisotopic (exact) mass is 514 g/mol. The molecule has 1 aliphatic heterocycles. The highest BCUT2D eigenvalue weighted by Gasteiger charge is 2.21. The summed E-state index contributed by atoms with van der Waals surface area (Å²) < 4.78 is 18.8. The van der Waals surface area contributed by atoms with Crippen molar-refractivity contribution in [1.29, 1.82) is 0 Å². The molecule has 0 saturated carbocycles. The molecule has 0 atom stereocenters. The Morgan fingerprint density at radius 1 is 1.17 bits per heavy atom. The van der Waals surface area contributed by atoms with E-state index in [0.29, 0.717) is 17.9 Å². The minimum atomic E-state index is -0.254. The van der Waals surface area contributed by atoms with Crippen LogP contribution in [0, 0.1) is 5.82 Å². The Balaban J connectivity index is 0.00000300. The van der Waals surface area contributed by atoms with Crippen LogP contribution in [-0.4, -0.2) is 56.3 Å². The van der Waals surface area contributed by atoms with Crippen molar-refractivity contribution in [2.45, 2.75) is 13.2 Å². The molecule has 158 valence electrons. The Hall–Kier alpha value is -2.07. The van der Waals surface area contributed by atoms with Gasteiger partial charge in [-0.05, 0) is 29.8 Å². The largest absolute Gasteiger partial charge is 0.506 e. The molecule has 1 aliphatic rings. The summed E-state index contributed by atoms with van der Waals surface area (Å²) >= 11 is 0. The molecule has 0 amide bonds. The van der Waals surface area contributed by atoms with Crippen molar-refractivity contribution in [3.63, 3.8) is 0 Å². The number of benzene rings is 2. The number of guanidine groups is 1. The maximum absolute atomic E-state index is 13.8. The van der Waals surface area contributed by atoms with Gasteiger partial charge in [0.2, 0.25) is 0 Å². The van der Waals surface area contributed by atoms with Gasteiger partial charge in [0.25, 0.3) is 0 Å². The van der Waals surface area contributed by atoms with Crippen molar-refractivity contribution in [3.05, 3.63) is 59.4 Å². The van der Waals surface area contributed by atoms with E-state index in [9.17, 15) is 9.50 Å². The number of methoxy groups -OCH3 is 1. The van der Waals surface area contributed by atoms with Crippen LogP contribution in [0.1, 0.15) is 11.1 Å². The number of ether oxygens (including phenoxy) is 1. The number of anilines is 1. The molecule has 8 heteroatoms. The average Bonchev–Trinajstić information content (AvgIpc) is 2.72. The maximum Gasteiger partial charge on any atom is 0.194 e. The lowest BCUT2D eigenvalue weighted by molar-refractivity contribution is 0.181. The summed E-state index contributed by atoms with van der Waals surface area (Å²) in [7, 11) is 3.32. The number of nitrogens with zero attached hydrogens (tertiary/aromatic N) is 3. The number of aromatic hydroxyl groups is 1. The standard InChI is InChI=1S/C21H27FN4O2.HI/c1-23-21(24-14-16-7-8-18(22)17(13-16)15-28-2)26-11-9-25(10-12-26)19-5-3-4-6-20(19)27;/h3-8,13,27H,9-12,14-15H2,1-2H3,(H,23,24);1H. The molecule has 2 aromatic rings. The Morgan fingerprint density at radius 3 is 2.55 bits per heavy atom. The van der Waals surface area contributed by atoms with Gasteiger partial charge in [-0.25, -0.2) is 4.39 Å². The minimum absolute atomic E-state index is 0. The van der Waals surface area contributed by atoms with Gasteiger partial charge in [0.1, 0.15) is 11.6 Å². The molecule has 3 rings (SSSR count). The molecule has 2 aromatic carbocycles. The second-order valence-electron chi connectivity index (χ2n) is 6.72. The van der Waals surface area contributed by atoms with Crippen LogP contribution in [-0.2, 0) is 17.9 Å². The minimum Gasteiger partial charge on any atom is -0.506 e. The van der Waals surface area contributed by atoms with Crippen molar-refractivity contribution < 1.29 is 14.2 Å². The summed E-state index contributed by atoms with van der Waals surface area (Å²) in [5.41, 5.74) is 2.39. The predicted molar refractivity (Wildman–Crippen MR) is 125 cm³/mol. The molecule has 0 aromatic heterocycles. The van der Waals surface area contributed by atoms with Crippen molar-refractivity contribution in [2.75, 3.05) is 45.2 Å². The molecule has 0 radical (unpaired) electrons. The number of hydrogen-bond acceptors (Lipinski definition) is 4. The third kappa shape index (κ3) is 5.96. The van der Waals surface area contributed by atoms with E-state index in [1.54, 1.807) is 26.3 Å². The van der Waals surface area contributed by atoms with Gasteiger partial charge in [-0.1, -0.05) is 18.2 Å². The molecule has 2 N–H and O–H groups in total. The fourth-order valence-corrected chi connectivity index (χ4v) is 3.41. The van der Waals surface area contributed by atoms with Gasteiger partial charge in [-0.3, -0.25) is 4.99 Å². The van der Waals surface area contributed by atoms with E-state index in [1.807, 2.05) is 24.3 Å². The molecule has 0 unspecified atom stereocenters. The smallest absolute Gasteiger partial charge is 0.194 e. The van der Waals surface area contributed by atoms with Crippen LogP contribution in [0.15, 0.2) is 47.5 Å². The zero-order chi connectivity index (χ0) is 19.9. The Bertz CT molecular complexity index is 826. The summed E-state index contributed by atoms with van der Waals surface area (Å²) in [6, 6.07) is 12.5. The lowest BCUT2D eigenvalue weighted by Gasteiger charge is -2.37. The van der Waals surface area contributed by atoms with E-state index in [-0.39, 0.29) is 36.4 Å². The fraction of sp³-hybridized carbons (Fsp3) is 0.381. The van der Waals surface area contributed by atoms with Gasteiger partial charge in [-0.15, -0.1) is 24.0 Å². The topological polar surface area (TPSA) is 60.3 Å². The third-order valence-electron chi connectivity index (χ3n) is 4.87. The van der Waals surface area contributed by atoms with Gasteiger partial charge >= 0.3 is 0 Å². The van der Waals surface area contributed by atoms with E-state index in [1.165, 1.54) is 6.07 Å². The van der Waals surface area contributed by atoms with Crippen molar-refractivity contribution in [1.82, 2.24) is 10.2 Å². The Labute approximate surface area is 188 Å². The second-order valence-corrected chi connectivity index (χ2v) is 6.72. The van der Waals surface area contributed by atoms with Crippen molar-refractivity contribution >= 4 is 35.6 Å². The second kappa shape index (κ2) is 11.2. The first kappa shape index (κ1) is 23.2. The summed E-state index contributed by atoms with van der Waals surface area (Å²) in [4.78, 5) is 8.75. The summed E-state index contributed by atoms with van der Waals surface area (Å²) in [5, 5.41) is 13.4. The first-order chi connectivity index (χ1) is 13.6. The Kier molecular flexibility index (Phi) is 8.97. The lowest BCUT2D eigenvalue weighted by Crippen LogP contribution is -2.52. The molecule has 0 bridgehead atoms. The van der Waals surface area contributed by atoms with Crippen LogP contribution >= 0.6 is 24.0 Å². The van der Waals surface area contributed by atoms with E-state index in [2.05, 4.69) is 20.1 Å². The van der Waals surface area contributed by atoms with Crippen LogP contribution in [0.25, 0.3) is 0 Å². The summed E-state index contributed by atoms with van der Waals surface area (Å²) in [6.07, 6.45) is 0. The van der Waals surface area contributed by atoms with E-state index < -0.39 is 0 Å². The van der Waals surface area contributed by atoms with E-state index in [4.69, 9.17) is 4.74 Å². The van der Waals surface area contributed by atoms with Crippen molar-refractivity contribution in [3.8, 4) is 5.75 Å². The SMILES string of the molecule is CN=C(NCc1ccc(F)c(COC)c1)N1CCN(c2ccccc2O)CC1.I. The number of phenolic OH excluding ortho intramolecular Hbond substituents is 1. The number of aliphatic imine (C=N–C) groups is 1. The molecule has 6 nitrogen and oxygen atoms in total. The number of rotatable bonds is 5. The first-order valence-electron chi connectivity index (χ1n) is 9.37. The molecule has 1 fully saturated rings. The third-order valence-corrected chi connectivity index (χ3v) is 4.87. The van der Waals surface area contributed by atoms with E-state index >= 15 is 0 Å². The molecule has 29 heavy (non-hydrogen) atoms. The zero-order valence-electron chi connectivity index (χ0n) is 16.8. The molecule has 1 heterocycles. The Morgan fingerprint density at radius 2 is 1.90 bits per heavy atom. The van der Waals surface area contributed by atoms with Gasteiger partial charge in [0.15, 0.2) is 5.96 Å². The molecular formula is C21H28FIN4O2. The molecule has 0 spiro atoms. The fourth-order valence-electron chi connectivity index (χ4n) is 3.41. The van der Waals surface area contributed by atoms with Gasteiger partial charge in [0.05, 0.1) is 12.3 Å².